The first kappa shape index (κ1) is 23.8. The highest BCUT2D eigenvalue weighted by atomic mass is 19.4. The molecule has 0 aliphatic carbocycles. The molecule has 0 radical (unpaired) electrons. The molecule has 11 heteroatoms. The van der Waals surface area contributed by atoms with Crippen LogP contribution in [0.25, 0.3) is 5.57 Å². The largest absolute Gasteiger partial charge is 0.586 e. The number of hydrogen-bond acceptors (Lipinski definition) is 5. The van der Waals surface area contributed by atoms with Crippen molar-refractivity contribution in [3.63, 3.8) is 0 Å². The van der Waals surface area contributed by atoms with E-state index in [1.54, 1.807) is 6.07 Å². The first-order chi connectivity index (χ1) is 16.0. The quantitative estimate of drug-likeness (QED) is 0.536. The van der Waals surface area contributed by atoms with Crippen molar-refractivity contribution in [2.75, 3.05) is 19.8 Å². The van der Waals surface area contributed by atoms with E-state index in [1.807, 2.05) is 0 Å². The predicted octanol–water partition coefficient (Wildman–Crippen LogP) is 5.30. The Morgan fingerprint density at radius 2 is 1.94 bits per heavy atom. The van der Waals surface area contributed by atoms with Crippen LogP contribution in [-0.2, 0) is 22.1 Å². The number of hydrogen-bond donors (Lipinski definition) is 1. The van der Waals surface area contributed by atoms with Gasteiger partial charge in [-0.3, -0.25) is 4.79 Å². The fraction of sp³-hybridized carbons (Fsp3) is 0.348. The van der Waals surface area contributed by atoms with Crippen molar-refractivity contribution < 1.29 is 50.8 Å². The minimum Gasteiger partial charge on any atom is -0.489 e. The fourth-order valence-corrected chi connectivity index (χ4v) is 3.83. The van der Waals surface area contributed by atoms with Crippen molar-refractivity contribution in [1.82, 2.24) is 0 Å². The van der Waals surface area contributed by atoms with Gasteiger partial charge in [-0.1, -0.05) is 18.2 Å². The predicted molar refractivity (Wildman–Crippen MR) is 108 cm³/mol. The number of para-hydroxylation sites is 1. The van der Waals surface area contributed by atoms with E-state index in [2.05, 4.69) is 9.47 Å². The van der Waals surface area contributed by atoms with Gasteiger partial charge in [-0.05, 0) is 47.8 Å². The van der Waals surface area contributed by atoms with Gasteiger partial charge >= 0.3 is 18.4 Å². The summed E-state index contributed by atoms with van der Waals surface area (Å²) in [6.45, 7) is 0.261. The number of carbonyl (C=O) groups is 1. The molecule has 1 N–H and O–H groups in total. The molecule has 0 saturated carbocycles. The van der Waals surface area contributed by atoms with E-state index in [0.717, 1.165) is 6.07 Å². The van der Waals surface area contributed by atoms with E-state index in [9.17, 15) is 26.7 Å². The Hall–Kier alpha value is -3.34. The monoisotopic (exact) mass is 486 g/mol. The maximum Gasteiger partial charge on any atom is 0.586 e. The number of fused-ring (bicyclic) bond motifs is 1. The summed E-state index contributed by atoms with van der Waals surface area (Å²) in [6, 6.07) is 7.80. The molecule has 2 aromatic carbocycles. The molecular weight excluding hydrogens is 467 g/mol. The Balaban J connectivity index is 1.59. The lowest BCUT2D eigenvalue weighted by molar-refractivity contribution is -0.286. The zero-order valence-corrected chi connectivity index (χ0v) is 17.6. The van der Waals surface area contributed by atoms with Gasteiger partial charge in [0.05, 0.1) is 18.8 Å². The number of aryl methyl sites for hydroxylation is 1. The highest BCUT2D eigenvalue weighted by molar-refractivity contribution is 5.76. The van der Waals surface area contributed by atoms with E-state index in [0.29, 0.717) is 29.7 Å². The van der Waals surface area contributed by atoms with Crippen LogP contribution >= 0.6 is 0 Å². The lowest BCUT2D eigenvalue weighted by Crippen LogP contribution is -2.26. The van der Waals surface area contributed by atoms with Crippen LogP contribution in [0.3, 0.4) is 0 Å². The number of halogens is 5. The number of aliphatic carboxylic acids is 1. The van der Waals surface area contributed by atoms with Crippen LogP contribution in [0, 0.1) is 0 Å². The van der Waals surface area contributed by atoms with Gasteiger partial charge in [0, 0.05) is 12.0 Å². The second kappa shape index (κ2) is 9.13. The van der Waals surface area contributed by atoms with Crippen molar-refractivity contribution in [3.8, 4) is 17.2 Å². The molecule has 6 nitrogen and oxygen atoms in total. The molecule has 0 bridgehead atoms. The molecule has 0 amide bonds. The van der Waals surface area contributed by atoms with Gasteiger partial charge in [0.25, 0.3) is 0 Å². The first-order valence-corrected chi connectivity index (χ1v) is 10.3. The summed E-state index contributed by atoms with van der Waals surface area (Å²) in [5.74, 6) is -1.52. The van der Waals surface area contributed by atoms with Gasteiger partial charge in [-0.15, -0.1) is 8.78 Å². The molecule has 0 aromatic heterocycles. The third-order valence-electron chi connectivity index (χ3n) is 5.36. The molecular formula is C23H19F5O6. The second-order valence-corrected chi connectivity index (χ2v) is 7.68. The van der Waals surface area contributed by atoms with Crippen molar-refractivity contribution >= 4 is 11.5 Å². The van der Waals surface area contributed by atoms with E-state index in [-0.39, 0.29) is 42.4 Å². The number of ether oxygens (including phenoxy) is 4. The third kappa shape index (κ3) is 5.24. The lowest BCUT2D eigenvalue weighted by atomic mass is 9.95. The Labute approximate surface area is 190 Å². The van der Waals surface area contributed by atoms with Crippen molar-refractivity contribution in [2.24, 2.45) is 0 Å². The maximum atomic E-state index is 13.6. The fourth-order valence-electron chi connectivity index (χ4n) is 3.83. The molecule has 2 aliphatic rings. The van der Waals surface area contributed by atoms with Crippen LogP contribution in [0.4, 0.5) is 22.0 Å². The molecule has 0 spiro atoms. The average Bonchev–Trinajstić information content (AvgIpc) is 3.10. The number of benzene rings is 2. The molecule has 0 fully saturated rings. The number of rotatable bonds is 7. The van der Waals surface area contributed by atoms with Gasteiger partial charge < -0.3 is 24.1 Å². The zero-order chi connectivity index (χ0) is 24.5. The summed E-state index contributed by atoms with van der Waals surface area (Å²) in [5.41, 5.74) is 0.423. The number of alkyl halides is 5. The Bertz CT molecular complexity index is 1130. The highest BCUT2D eigenvalue weighted by Gasteiger charge is 2.45. The summed E-state index contributed by atoms with van der Waals surface area (Å²) in [4.78, 5) is 10.8. The van der Waals surface area contributed by atoms with E-state index in [4.69, 9.17) is 14.6 Å². The second-order valence-electron chi connectivity index (χ2n) is 7.68. The molecule has 0 saturated heterocycles. The summed E-state index contributed by atoms with van der Waals surface area (Å²) in [7, 11) is 0. The first-order valence-electron chi connectivity index (χ1n) is 10.3. The maximum absolute atomic E-state index is 13.6. The Morgan fingerprint density at radius 1 is 1.15 bits per heavy atom. The van der Waals surface area contributed by atoms with Crippen molar-refractivity contribution in [3.05, 3.63) is 58.7 Å². The van der Waals surface area contributed by atoms with Gasteiger partial charge in [-0.2, -0.15) is 13.2 Å². The summed E-state index contributed by atoms with van der Waals surface area (Å²) in [5, 5.41) is 8.78. The van der Waals surface area contributed by atoms with Crippen LogP contribution < -0.4 is 14.2 Å². The summed E-state index contributed by atoms with van der Waals surface area (Å²) < 4.78 is 87.9. The van der Waals surface area contributed by atoms with E-state index < -0.39 is 30.4 Å². The van der Waals surface area contributed by atoms with Crippen LogP contribution in [0.15, 0.2) is 42.0 Å². The molecule has 0 unspecified atom stereocenters. The van der Waals surface area contributed by atoms with Gasteiger partial charge in [-0.25, -0.2) is 0 Å². The van der Waals surface area contributed by atoms with E-state index >= 15 is 0 Å². The van der Waals surface area contributed by atoms with Gasteiger partial charge in [0.2, 0.25) is 0 Å². The average molecular weight is 486 g/mol. The SMILES string of the molecule is O=C(O)CCc1ccc(OCC2=C(c3cccc4c3OC(F)(F)O4)CCOC2)cc1C(F)(F)F. The molecule has 4 rings (SSSR count). The molecule has 2 aromatic rings. The summed E-state index contributed by atoms with van der Waals surface area (Å²) in [6.07, 6.45) is -8.86. The van der Waals surface area contributed by atoms with Gasteiger partial charge in [0.1, 0.15) is 12.4 Å². The molecule has 0 atom stereocenters. The lowest BCUT2D eigenvalue weighted by Gasteiger charge is -2.22. The minimum absolute atomic E-state index is 0.0757. The Kier molecular flexibility index (Phi) is 6.39. The zero-order valence-electron chi connectivity index (χ0n) is 17.6. The molecule has 182 valence electrons. The third-order valence-corrected chi connectivity index (χ3v) is 5.36. The minimum atomic E-state index is -4.70. The standard InChI is InChI=1S/C23H19F5O6/c24-22(25,26)18-10-15(6-4-13(18)5-7-20(29)30)32-12-14-11-31-9-8-16(14)17-2-1-3-19-21(17)34-23(27,28)33-19/h1-4,6,10H,5,7-9,11-12H2,(H,29,30). The number of carboxylic acids is 1. The summed E-state index contributed by atoms with van der Waals surface area (Å²) >= 11 is 0. The topological polar surface area (TPSA) is 74.2 Å². The normalized spacial score (nSPS) is 17.1. The Morgan fingerprint density at radius 3 is 2.68 bits per heavy atom. The number of carboxylic acid groups (broad SMARTS) is 1. The van der Waals surface area contributed by atoms with E-state index in [1.165, 1.54) is 24.3 Å². The van der Waals surface area contributed by atoms with Crippen LogP contribution in [0.5, 0.6) is 17.2 Å². The van der Waals surface area contributed by atoms with Crippen LogP contribution in [0.1, 0.15) is 29.5 Å². The van der Waals surface area contributed by atoms with Gasteiger partial charge in [0.15, 0.2) is 11.5 Å². The van der Waals surface area contributed by atoms with Crippen molar-refractivity contribution in [2.45, 2.75) is 31.7 Å². The van der Waals surface area contributed by atoms with Crippen LogP contribution in [-0.4, -0.2) is 37.2 Å². The smallest absolute Gasteiger partial charge is 0.489 e. The molecule has 34 heavy (non-hydrogen) atoms. The van der Waals surface area contributed by atoms with Crippen LogP contribution in [0.2, 0.25) is 0 Å². The highest BCUT2D eigenvalue weighted by Crippen LogP contribution is 2.47. The van der Waals surface area contributed by atoms with Crippen molar-refractivity contribution in [1.29, 1.82) is 0 Å². The molecule has 2 aliphatic heterocycles. The molecule has 2 heterocycles.